The molecule has 0 heterocycles. The zero-order valence-electron chi connectivity index (χ0n) is 13.2. The van der Waals surface area contributed by atoms with Crippen LogP contribution in [0.1, 0.15) is 30.5 Å². The maximum absolute atomic E-state index is 6.10. The molecule has 0 aromatic heterocycles. The maximum Gasteiger partial charge on any atom is 0.0511 e. The molecule has 2 aromatic rings. The van der Waals surface area contributed by atoms with Crippen LogP contribution in [0.3, 0.4) is 0 Å². The Morgan fingerprint density at radius 1 is 1.14 bits per heavy atom. The number of hydrogen-bond donors (Lipinski definition) is 1. The Morgan fingerprint density at radius 2 is 1.90 bits per heavy atom. The number of nitrogens with one attached hydrogen (secondary N) is 1. The van der Waals surface area contributed by atoms with Gasteiger partial charge in [0.1, 0.15) is 0 Å². The summed E-state index contributed by atoms with van der Waals surface area (Å²) in [4.78, 5) is 2.14. The molecule has 0 aliphatic heterocycles. The highest BCUT2D eigenvalue weighted by Crippen LogP contribution is 2.28. The van der Waals surface area contributed by atoms with E-state index in [2.05, 4.69) is 62.4 Å². The Morgan fingerprint density at radius 3 is 2.52 bits per heavy atom. The highest BCUT2D eigenvalue weighted by Gasteiger charge is 2.11. The molecule has 0 fully saturated rings. The third-order valence-corrected chi connectivity index (χ3v) is 3.93. The van der Waals surface area contributed by atoms with E-state index in [-0.39, 0.29) is 6.04 Å². The first-order valence-electron chi connectivity index (χ1n) is 7.31. The molecular weight excluding hydrogens is 280 g/mol. The van der Waals surface area contributed by atoms with Crippen molar-refractivity contribution in [3.8, 4) is 0 Å². The summed E-state index contributed by atoms with van der Waals surface area (Å²) in [5, 5.41) is 4.39. The summed E-state index contributed by atoms with van der Waals surface area (Å²) in [5.41, 5.74) is 4.87. The smallest absolute Gasteiger partial charge is 0.0511 e. The van der Waals surface area contributed by atoms with Crippen molar-refractivity contribution in [1.29, 1.82) is 0 Å². The summed E-state index contributed by atoms with van der Waals surface area (Å²) >= 11 is 6.10. The van der Waals surface area contributed by atoms with Crippen molar-refractivity contribution >= 4 is 23.0 Å². The van der Waals surface area contributed by atoms with Gasteiger partial charge in [-0.25, -0.2) is 0 Å². The van der Waals surface area contributed by atoms with Crippen LogP contribution in [0.4, 0.5) is 11.4 Å². The molecule has 0 spiro atoms. The molecule has 0 saturated heterocycles. The molecule has 0 aliphatic rings. The van der Waals surface area contributed by atoms with Gasteiger partial charge in [0.15, 0.2) is 0 Å². The highest BCUT2D eigenvalue weighted by atomic mass is 35.5. The first-order chi connectivity index (χ1) is 10.0. The van der Waals surface area contributed by atoms with E-state index in [0.717, 1.165) is 17.1 Å². The van der Waals surface area contributed by atoms with Gasteiger partial charge in [-0.3, -0.25) is 0 Å². The number of rotatable bonds is 5. The zero-order chi connectivity index (χ0) is 15.4. The van der Waals surface area contributed by atoms with Crippen molar-refractivity contribution in [1.82, 2.24) is 0 Å². The Balaban J connectivity index is 2.25. The molecule has 21 heavy (non-hydrogen) atoms. The summed E-state index contributed by atoms with van der Waals surface area (Å²) in [6.07, 6.45) is 1.01. The third-order valence-electron chi connectivity index (χ3n) is 3.69. The molecular formula is C18H23ClN2. The quantitative estimate of drug-likeness (QED) is 0.808. The van der Waals surface area contributed by atoms with E-state index in [0.29, 0.717) is 0 Å². The number of hydrogen-bond acceptors (Lipinski definition) is 2. The Hall–Kier alpha value is -1.67. The van der Waals surface area contributed by atoms with Crippen molar-refractivity contribution < 1.29 is 0 Å². The van der Waals surface area contributed by atoms with Crippen molar-refractivity contribution in [3.63, 3.8) is 0 Å². The number of halogens is 1. The molecule has 2 nitrogen and oxygen atoms in total. The van der Waals surface area contributed by atoms with Crippen LogP contribution in [0.25, 0.3) is 0 Å². The molecule has 0 bridgehead atoms. The van der Waals surface area contributed by atoms with Crippen molar-refractivity contribution in [2.24, 2.45) is 0 Å². The van der Waals surface area contributed by atoms with Gasteiger partial charge in [-0.05, 0) is 48.7 Å². The van der Waals surface area contributed by atoms with Crippen LogP contribution in [0, 0.1) is 6.92 Å². The third kappa shape index (κ3) is 3.92. The van der Waals surface area contributed by atoms with Gasteiger partial charge in [0.25, 0.3) is 0 Å². The molecule has 3 heteroatoms. The molecule has 2 aromatic carbocycles. The maximum atomic E-state index is 6.10. The fourth-order valence-electron chi connectivity index (χ4n) is 2.53. The van der Waals surface area contributed by atoms with Gasteiger partial charge < -0.3 is 10.2 Å². The molecule has 2 rings (SSSR count). The van der Waals surface area contributed by atoms with Crippen LogP contribution in [-0.4, -0.2) is 14.1 Å². The summed E-state index contributed by atoms with van der Waals surface area (Å²) in [6.45, 7) is 4.31. The van der Waals surface area contributed by atoms with Gasteiger partial charge in [0.05, 0.1) is 6.04 Å². The monoisotopic (exact) mass is 302 g/mol. The predicted octanol–water partition coefficient (Wildman–Crippen LogP) is 5.28. The van der Waals surface area contributed by atoms with Gasteiger partial charge in [-0.15, -0.1) is 0 Å². The first kappa shape index (κ1) is 15.7. The van der Waals surface area contributed by atoms with Crippen LogP contribution >= 0.6 is 11.6 Å². The molecule has 0 radical (unpaired) electrons. The highest BCUT2D eigenvalue weighted by molar-refractivity contribution is 6.30. The van der Waals surface area contributed by atoms with Crippen LogP contribution in [0.2, 0.25) is 5.02 Å². The Kier molecular flexibility index (Phi) is 5.13. The number of anilines is 2. The number of nitrogens with zero attached hydrogens (tertiary/aromatic N) is 1. The van der Waals surface area contributed by atoms with E-state index in [1.807, 2.05) is 18.2 Å². The van der Waals surface area contributed by atoms with Crippen LogP contribution in [-0.2, 0) is 0 Å². The van der Waals surface area contributed by atoms with E-state index in [1.54, 1.807) is 0 Å². The molecule has 0 aliphatic carbocycles. The van der Waals surface area contributed by atoms with Crippen LogP contribution < -0.4 is 10.2 Å². The van der Waals surface area contributed by atoms with Gasteiger partial charge >= 0.3 is 0 Å². The van der Waals surface area contributed by atoms with E-state index in [9.17, 15) is 0 Å². The van der Waals surface area contributed by atoms with E-state index in [4.69, 9.17) is 11.6 Å². The number of aryl methyl sites for hydroxylation is 1. The summed E-state index contributed by atoms with van der Waals surface area (Å²) in [7, 11) is 4.14. The molecule has 0 saturated carbocycles. The lowest BCUT2D eigenvalue weighted by Crippen LogP contribution is -2.13. The Bertz CT molecular complexity index is 608. The molecule has 0 amide bonds. The molecule has 1 N–H and O–H groups in total. The lowest BCUT2D eigenvalue weighted by molar-refractivity contribution is 0.749. The lowest BCUT2D eigenvalue weighted by Gasteiger charge is -2.22. The lowest BCUT2D eigenvalue weighted by atomic mass is 10.0. The second-order valence-electron chi connectivity index (χ2n) is 5.56. The van der Waals surface area contributed by atoms with Gasteiger partial charge in [0, 0.05) is 30.5 Å². The fraction of sp³-hybridized carbons (Fsp3) is 0.333. The minimum atomic E-state index is 0.265. The second-order valence-corrected chi connectivity index (χ2v) is 5.99. The summed E-state index contributed by atoms with van der Waals surface area (Å²) in [5.74, 6) is 0. The van der Waals surface area contributed by atoms with Crippen molar-refractivity contribution in [3.05, 3.63) is 58.6 Å². The topological polar surface area (TPSA) is 15.3 Å². The van der Waals surface area contributed by atoms with Crippen LogP contribution in [0.15, 0.2) is 42.5 Å². The average molecular weight is 303 g/mol. The average Bonchev–Trinajstić information content (AvgIpc) is 2.46. The fourth-order valence-corrected chi connectivity index (χ4v) is 2.73. The van der Waals surface area contributed by atoms with Gasteiger partial charge in [0.2, 0.25) is 0 Å². The predicted molar refractivity (Wildman–Crippen MR) is 93.6 cm³/mol. The minimum absolute atomic E-state index is 0.265. The van der Waals surface area contributed by atoms with Gasteiger partial charge in [-0.1, -0.05) is 36.7 Å². The first-order valence-corrected chi connectivity index (χ1v) is 7.69. The van der Waals surface area contributed by atoms with E-state index < -0.39 is 0 Å². The Labute approximate surface area is 132 Å². The van der Waals surface area contributed by atoms with Gasteiger partial charge in [-0.2, -0.15) is 0 Å². The summed E-state index contributed by atoms with van der Waals surface area (Å²) in [6, 6.07) is 14.8. The minimum Gasteiger partial charge on any atom is -0.378 e. The van der Waals surface area contributed by atoms with Crippen molar-refractivity contribution in [2.75, 3.05) is 24.3 Å². The normalized spacial score (nSPS) is 12.0. The molecule has 1 unspecified atom stereocenters. The van der Waals surface area contributed by atoms with E-state index >= 15 is 0 Å². The molecule has 1 atom stereocenters. The number of benzene rings is 2. The van der Waals surface area contributed by atoms with E-state index in [1.165, 1.54) is 16.8 Å². The largest absolute Gasteiger partial charge is 0.378 e. The summed E-state index contributed by atoms with van der Waals surface area (Å²) < 4.78 is 0. The standard InChI is InChI=1S/C18H23ClN2/c1-5-17(14-7-6-8-15(19)11-14)20-16-10-9-13(2)18(12-16)21(3)4/h6-12,17,20H,5H2,1-4H3. The SMILES string of the molecule is CCC(Nc1ccc(C)c(N(C)C)c1)c1cccc(Cl)c1. The molecule has 112 valence electrons. The second kappa shape index (κ2) is 6.86. The zero-order valence-corrected chi connectivity index (χ0v) is 13.9. The van der Waals surface area contributed by atoms with Crippen molar-refractivity contribution in [2.45, 2.75) is 26.3 Å². The van der Waals surface area contributed by atoms with Crippen LogP contribution in [0.5, 0.6) is 0 Å².